The summed E-state index contributed by atoms with van der Waals surface area (Å²) in [6, 6.07) is 0. The van der Waals surface area contributed by atoms with Crippen LogP contribution in [0.1, 0.15) is 5.69 Å². The quantitative estimate of drug-likeness (QED) is 0.620. The van der Waals surface area contributed by atoms with Crippen molar-refractivity contribution in [3.05, 3.63) is 24.3 Å². The van der Waals surface area contributed by atoms with Crippen molar-refractivity contribution in [3.63, 3.8) is 0 Å². The van der Waals surface area contributed by atoms with Gasteiger partial charge in [-0.2, -0.15) is 0 Å². The molecule has 0 spiro atoms. The fourth-order valence-corrected chi connectivity index (χ4v) is 1.56. The van der Waals surface area contributed by atoms with Crippen molar-refractivity contribution in [1.29, 1.82) is 0 Å². The summed E-state index contributed by atoms with van der Waals surface area (Å²) in [7, 11) is -1.72. The highest BCUT2D eigenvalue weighted by molar-refractivity contribution is 7.89. The predicted octanol–water partition coefficient (Wildman–Crippen LogP) is -0.885. The van der Waals surface area contributed by atoms with Gasteiger partial charge in [-0.05, 0) is 7.05 Å². The SMILES string of the molecule is CNS(=O)(=O)CCNCc1cnccn1. The largest absolute Gasteiger partial charge is 0.310 e. The standard InChI is InChI=1S/C8H14N4O2S/c1-9-15(13,14)5-4-11-7-8-6-10-2-3-12-8/h2-3,6,9,11H,4-5,7H2,1H3. The van der Waals surface area contributed by atoms with E-state index in [2.05, 4.69) is 20.0 Å². The molecule has 0 bridgehead atoms. The first kappa shape index (κ1) is 12.0. The summed E-state index contributed by atoms with van der Waals surface area (Å²) >= 11 is 0. The van der Waals surface area contributed by atoms with Gasteiger partial charge in [-0.3, -0.25) is 9.97 Å². The van der Waals surface area contributed by atoms with E-state index in [0.29, 0.717) is 13.1 Å². The van der Waals surface area contributed by atoms with Crippen LogP contribution in [0.2, 0.25) is 0 Å². The van der Waals surface area contributed by atoms with Crippen molar-refractivity contribution in [3.8, 4) is 0 Å². The molecule has 0 aliphatic heterocycles. The Morgan fingerprint density at radius 1 is 1.40 bits per heavy atom. The number of hydrogen-bond donors (Lipinski definition) is 2. The lowest BCUT2D eigenvalue weighted by molar-refractivity contribution is 0.582. The Kier molecular flexibility index (Phi) is 4.60. The summed E-state index contributed by atoms with van der Waals surface area (Å²) in [6.07, 6.45) is 4.83. The van der Waals surface area contributed by atoms with Crippen LogP contribution in [0.15, 0.2) is 18.6 Å². The number of sulfonamides is 1. The molecule has 0 fully saturated rings. The molecule has 15 heavy (non-hydrogen) atoms. The number of rotatable bonds is 6. The monoisotopic (exact) mass is 230 g/mol. The number of nitrogens with one attached hydrogen (secondary N) is 2. The Labute approximate surface area is 89.2 Å². The lowest BCUT2D eigenvalue weighted by atomic mass is 10.4. The normalized spacial score (nSPS) is 11.5. The molecule has 7 heteroatoms. The molecule has 84 valence electrons. The molecule has 0 saturated heterocycles. The van der Waals surface area contributed by atoms with E-state index < -0.39 is 10.0 Å². The number of nitrogens with zero attached hydrogens (tertiary/aromatic N) is 2. The third kappa shape index (κ3) is 4.82. The first-order chi connectivity index (χ1) is 7.14. The first-order valence-electron chi connectivity index (χ1n) is 4.51. The molecule has 6 nitrogen and oxygen atoms in total. The Hall–Kier alpha value is -1.05. The van der Waals surface area contributed by atoms with Gasteiger partial charge >= 0.3 is 0 Å². The summed E-state index contributed by atoms with van der Waals surface area (Å²) in [5.41, 5.74) is 0.791. The van der Waals surface area contributed by atoms with Crippen LogP contribution < -0.4 is 10.0 Å². The molecule has 0 saturated carbocycles. The smallest absolute Gasteiger partial charge is 0.212 e. The molecule has 0 aliphatic carbocycles. The Bertz CT molecular complexity index is 379. The summed E-state index contributed by atoms with van der Waals surface area (Å²) in [4.78, 5) is 7.94. The molecule has 0 aromatic carbocycles. The van der Waals surface area contributed by atoms with Gasteiger partial charge in [0.1, 0.15) is 0 Å². The summed E-state index contributed by atoms with van der Waals surface area (Å²) < 4.78 is 24.3. The highest BCUT2D eigenvalue weighted by Gasteiger charge is 2.05. The molecule has 0 aliphatic rings. The second-order valence-electron chi connectivity index (χ2n) is 2.90. The van der Waals surface area contributed by atoms with Crippen LogP contribution in [-0.4, -0.2) is 37.7 Å². The van der Waals surface area contributed by atoms with Gasteiger partial charge in [0.05, 0.1) is 11.4 Å². The average molecular weight is 230 g/mol. The van der Waals surface area contributed by atoms with Gasteiger partial charge < -0.3 is 5.32 Å². The van der Waals surface area contributed by atoms with Crippen molar-refractivity contribution in [2.24, 2.45) is 0 Å². The van der Waals surface area contributed by atoms with Gasteiger partial charge in [0.2, 0.25) is 10.0 Å². The zero-order chi connectivity index (χ0) is 11.1. The van der Waals surface area contributed by atoms with Crippen molar-refractivity contribution in [2.75, 3.05) is 19.3 Å². The molecule has 0 amide bonds. The molecule has 0 unspecified atom stereocenters. The van der Waals surface area contributed by atoms with Crippen LogP contribution >= 0.6 is 0 Å². The fraction of sp³-hybridized carbons (Fsp3) is 0.500. The zero-order valence-electron chi connectivity index (χ0n) is 8.47. The van der Waals surface area contributed by atoms with Crippen molar-refractivity contribution in [1.82, 2.24) is 20.0 Å². The van der Waals surface area contributed by atoms with Gasteiger partial charge in [-0.15, -0.1) is 0 Å². The van der Waals surface area contributed by atoms with E-state index in [1.165, 1.54) is 7.05 Å². The van der Waals surface area contributed by atoms with E-state index >= 15 is 0 Å². The van der Waals surface area contributed by atoms with Crippen LogP contribution in [0, 0.1) is 0 Å². The van der Waals surface area contributed by atoms with Crippen molar-refractivity contribution in [2.45, 2.75) is 6.54 Å². The maximum Gasteiger partial charge on any atom is 0.212 e. The lowest BCUT2D eigenvalue weighted by Gasteiger charge is -2.04. The van der Waals surface area contributed by atoms with Crippen molar-refractivity contribution < 1.29 is 8.42 Å². The minimum Gasteiger partial charge on any atom is -0.310 e. The van der Waals surface area contributed by atoms with Crippen LogP contribution in [0.25, 0.3) is 0 Å². The van der Waals surface area contributed by atoms with E-state index in [1.807, 2.05) is 0 Å². The second kappa shape index (κ2) is 5.74. The Balaban J connectivity index is 2.24. The number of hydrogen-bond acceptors (Lipinski definition) is 5. The maximum absolute atomic E-state index is 11.0. The first-order valence-corrected chi connectivity index (χ1v) is 6.16. The van der Waals surface area contributed by atoms with Crippen LogP contribution in [-0.2, 0) is 16.6 Å². The second-order valence-corrected chi connectivity index (χ2v) is 4.94. The molecular formula is C8H14N4O2S. The molecule has 2 N–H and O–H groups in total. The summed E-state index contributed by atoms with van der Waals surface area (Å²) in [6.45, 7) is 0.910. The topological polar surface area (TPSA) is 84.0 Å². The maximum atomic E-state index is 11.0. The Morgan fingerprint density at radius 2 is 2.20 bits per heavy atom. The lowest BCUT2D eigenvalue weighted by Crippen LogP contribution is -2.29. The minimum atomic E-state index is -3.12. The van der Waals surface area contributed by atoms with E-state index in [-0.39, 0.29) is 5.75 Å². The molecule has 1 heterocycles. The van der Waals surface area contributed by atoms with Gasteiger partial charge in [0.25, 0.3) is 0 Å². The molecule has 1 aromatic heterocycles. The van der Waals surface area contributed by atoms with Crippen LogP contribution in [0.5, 0.6) is 0 Å². The van der Waals surface area contributed by atoms with Gasteiger partial charge in [0, 0.05) is 31.7 Å². The third-order valence-electron chi connectivity index (χ3n) is 1.78. The highest BCUT2D eigenvalue weighted by Crippen LogP contribution is 1.88. The minimum absolute atomic E-state index is 0.0593. The summed E-state index contributed by atoms with van der Waals surface area (Å²) in [5, 5.41) is 2.97. The van der Waals surface area contributed by atoms with Crippen molar-refractivity contribution >= 4 is 10.0 Å². The molecule has 1 aromatic rings. The van der Waals surface area contributed by atoms with E-state index in [0.717, 1.165) is 5.69 Å². The predicted molar refractivity (Wildman–Crippen MR) is 56.6 cm³/mol. The average Bonchev–Trinajstić information content (AvgIpc) is 2.26. The van der Waals surface area contributed by atoms with E-state index in [9.17, 15) is 8.42 Å². The van der Waals surface area contributed by atoms with Crippen LogP contribution in [0.3, 0.4) is 0 Å². The molecule has 1 rings (SSSR count). The van der Waals surface area contributed by atoms with Gasteiger partial charge in [-0.25, -0.2) is 13.1 Å². The third-order valence-corrected chi connectivity index (χ3v) is 3.14. The van der Waals surface area contributed by atoms with E-state index in [1.54, 1.807) is 18.6 Å². The van der Waals surface area contributed by atoms with Gasteiger partial charge in [-0.1, -0.05) is 0 Å². The molecule has 0 radical (unpaired) electrons. The molecular weight excluding hydrogens is 216 g/mol. The van der Waals surface area contributed by atoms with Gasteiger partial charge in [0.15, 0.2) is 0 Å². The Morgan fingerprint density at radius 3 is 2.80 bits per heavy atom. The summed E-state index contributed by atoms with van der Waals surface area (Å²) in [5.74, 6) is 0.0593. The fourth-order valence-electron chi connectivity index (χ4n) is 0.946. The zero-order valence-corrected chi connectivity index (χ0v) is 9.29. The van der Waals surface area contributed by atoms with E-state index in [4.69, 9.17) is 0 Å². The highest BCUT2D eigenvalue weighted by atomic mass is 32.2. The molecule has 0 atom stereocenters. The number of aromatic nitrogens is 2. The van der Waals surface area contributed by atoms with Crippen LogP contribution in [0.4, 0.5) is 0 Å².